The molecule has 0 bridgehead atoms. The Balaban J connectivity index is 1.87. The molecule has 2 N–H and O–H groups in total. The quantitative estimate of drug-likeness (QED) is 0.769. The van der Waals surface area contributed by atoms with E-state index in [0.717, 1.165) is 44.0 Å². The second-order valence-corrected chi connectivity index (χ2v) is 6.20. The van der Waals surface area contributed by atoms with Crippen molar-refractivity contribution in [3.63, 3.8) is 0 Å². The van der Waals surface area contributed by atoms with Crippen molar-refractivity contribution in [2.75, 3.05) is 44.2 Å². The lowest BCUT2D eigenvalue weighted by Gasteiger charge is -2.35. The lowest BCUT2D eigenvalue weighted by atomic mass is 9.96. The van der Waals surface area contributed by atoms with E-state index in [-0.39, 0.29) is 24.3 Å². The lowest BCUT2D eigenvalue weighted by molar-refractivity contribution is -0.137. The Morgan fingerprint density at radius 2 is 1.94 bits per heavy atom. The monoisotopic (exact) mass is 271 g/mol. The van der Waals surface area contributed by atoms with Crippen LogP contribution in [-0.2, 0) is 9.59 Å². The summed E-state index contributed by atoms with van der Waals surface area (Å²) in [4.78, 5) is 27.3. The summed E-state index contributed by atoms with van der Waals surface area (Å²) in [5.74, 6) is 2.11. The van der Waals surface area contributed by atoms with Gasteiger partial charge < -0.3 is 10.6 Å². The molecule has 5 nitrogen and oxygen atoms in total. The third-order valence-electron chi connectivity index (χ3n) is 3.56. The third-order valence-corrected chi connectivity index (χ3v) is 4.50. The first-order chi connectivity index (χ1) is 8.66. The van der Waals surface area contributed by atoms with E-state index >= 15 is 0 Å². The van der Waals surface area contributed by atoms with Gasteiger partial charge >= 0.3 is 0 Å². The SMILES string of the molecule is NC(=O)CN1CCCC(C(=O)N2CCSCC2)C1. The van der Waals surface area contributed by atoms with Crippen LogP contribution in [0.25, 0.3) is 0 Å². The van der Waals surface area contributed by atoms with Crippen LogP contribution < -0.4 is 5.73 Å². The topological polar surface area (TPSA) is 66.6 Å². The van der Waals surface area contributed by atoms with E-state index in [9.17, 15) is 9.59 Å². The molecule has 2 rings (SSSR count). The summed E-state index contributed by atoms with van der Waals surface area (Å²) in [6.45, 7) is 3.58. The summed E-state index contributed by atoms with van der Waals surface area (Å²) in [6, 6.07) is 0. The van der Waals surface area contributed by atoms with Crippen LogP contribution >= 0.6 is 11.8 Å². The minimum atomic E-state index is -0.308. The van der Waals surface area contributed by atoms with Crippen molar-refractivity contribution in [1.82, 2.24) is 9.80 Å². The zero-order chi connectivity index (χ0) is 13.0. The van der Waals surface area contributed by atoms with Crippen LogP contribution in [0.5, 0.6) is 0 Å². The van der Waals surface area contributed by atoms with Gasteiger partial charge in [-0.1, -0.05) is 0 Å². The van der Waals surface area contributed by atoms with Gasteiger partial charge in [0.2, 0.25) is 11.8 Å². The Bertz CT molecular complexity index is 318. The molecule has 0 aromatic carbocycles. The first-order valence-corrected chi connectivity index (χ1v) is 7.69. The molecule has 0 aliphatic carbocycles. The number of rotatable bonds is 3. The Morgan fingerprint density at radius 3 is 2.61 bits per heavy atom. The number of thioether (sulfide) groups is 1. The normalized spacial score (nSPS) is 26.0. The summed E-state index contributed by atoms with van der Waals surface area (Å²) in [6.07, 6.45) is 1.92. The molecule has 0 saturated carbocycles. The Hall–Kier alpha value is -0.750. The van der Waals surface area contributed by atoms with E-state index in [1.54, 1.807) is 0 Å². The lowest BCUT2D eigenvalue weighted by Crippen LogP contribution is -2.48. The molecule has 2 aliphatic heterocycles. The molecule has 18 heavy (non-hydrogen) atoms. The first kappa shape index (κ1) is 13.7. The molecule has 1 atom stereocenters. The maximum atomic E-state index is 12.4. The number of carbonyl (C=O) groups excluding carboxylic acids is 2. The van der Waals surface area contributed by atoms with E-state index in [4.69, 9.17) is 5.73 Å². The number of primary amides is 1. The molecule has 1 unspecified atom stereocenters. The predicted molar refractivity (Wildman–Crippen MR) is 72.3 cm³/mol. The zero-order valence-corrected chi connectivity index (χ0v) is 11.5. The van der Waals surface area contributed by atoms with Crippen LogP contribution in [0.1, 0.15) is 12.8 Å². The molecule has 102 valence electrons. The van der Waals surface area contributed by atoms with Gasteiger partial charge in [-0.2, -0.15) is 11.8 Å². The number of hydrogen-bond acceptors (Lipinski definition) is 4. The van der Waals surface area contributed by atoms with Crippen molar-refractivity contribution in [3.05, 3.63) is 0 Å². The first-order valence-electron chi connectivity index (χ1n) is 6.54. The van der Waals surface area contributed by atoms with E-state index in [2.05, 4.69) is 0 Å². The van der Waals surface area contributed by atoms with E-state index in [1.807, 2.05) is 21.6 Å². The number of amides is 2. The fraction of sp³-hybridized carbons (Fsp3) is 0.833. The molecule has 6 heteroatoms. The average molecular weight is 271 g/mol. The molecule has 2 fully saturated rings. The molecule has 2 saturated heterocycles. The molecule has 0 radical (unpaired) electrons. The molecular weight excluding hydrogens is 250 g/mol. The number of nitrogens with two attached hydrogens (primary N) is 1. The van der Waals surface area contributed by atoms with Crippen molar-refractivity contribution in [1.29, 1.82) is 0 Å². The van der Waals surface area contributed by atoms with Gasteiger partial charge in [-0.25, -0.2) is 0 Å². The van der Waals surface area contributed by atoms with Crippen molar-refractivity contribution >= 4 is 23.6 Å². The predicted octanol–water partition coefficient (Wildman–Crippen LogP) is -0.241. The highest BCUT2D eigenvalue weighted by molar-refractivity contribution is 7.99. The molecule has 0 spiro atoms. The van der Waals surface area contributed by atoms with Gasteiger partial charge in [0.25, 0.3) is 0 Å². The van der Waals surface area contributed by atoms with E-state index in [0.29, 0.717) is 6.54 Å². The number of nitrogens with zero attached hydrogens (tertiary/aromatic N) is 2. The van der Waals surface area contributed by atoms with Crippen molar-refractivity contribution in [3.8, 4) is 0 Å². The van der Waals surface area contributed by atoms with Gasteiger partial charge in [-0.3, -0.25) is 14.5 Å². The van der Waals surface area contributed by atoms with Crippen LogP contribution in [0.3, 0.4) is 0 Å². The number of piperidine rings is 1. The Morgan fingerprint density at radius 1 is 1.22 bits per heavy atom. The van der Waals surface area contributed by atoms with Crippen LogP contribution in [0.2, 0.25) is 0 Å². The largest absolute Gasteiger partial charge is 0.369 e. The summed E-state index contributed by atoms with van der Waals surface area (Å²) < 4.78 is 0. The van der Waals surface area contributed by atoms with Crippen molar-refractivity contribution < 1.29 is 9.59 Å². The standard InChI is InChI=1S/C12H21N3O2S/c13-11(16)9-14-3-1-2-10(8-14)12(17)15-4-6-18-7-5-15/h10H,1-9H2,(H2,13,16). The van der Waals surface area contributed by atoms with Crippen LogP contribution in [0, 0.1) is 5.92 Å². The third kappa shape index (κ3) is 3.62. The summed E-state index contributed by atoms with van der Waals surface area (Å²) in [7, 11) is 0. The van der Waals surface area contributed by atoms with Crippen LogP contribution in [0.15, 0.2) is 0 Å². The van der Waals surface area contributed by atoms with Gasteiger partial charge in [0.05, 0.1) is 12.5 Å². The van der Waals surface area contributed by atoms with Gasteiger partial charge in [-0.05, 0) is 19.4 Å². The second-order valence-electron chi connectivity index (χ2n) is 4.98. The molecule has 0 aromatic heterocycles. The highest BCUT2D eigenvalue weighted by Gasteiger charge is 2.30. The average Bonchev–Trinajstić information content (AvgIpc) is 2.38. The maximum absolute atomic E-state index is 12.4. The smallest absolute Gasteiger partial charge is 0.231 e. The van der Waals surface area contributed by atoms with Crippen LogP contribution in [0.4, 0.5) is 0 Å². The minimum Gasteiger partial charge on any atom is -0.369 e. The van der Waals surface area contributed by atoms with Gasteiger partial charge in [0.1, 0.15) is 0 Å². The van der Waals surface area contributed by atoms with E-state index in [1.165, 1.54) is 0 Å². The fourth-order valence-electron chi connectivity index (χ4n) is 2.66. The summed E-state index contributed by atoms with van der Waals surface area (Å²) in [5.41, 5.74) is 5.21. The van der Waals surface area contributed by atoms with Crippen LogP contribution in [-0.4, -0.2) is 65.8 Å². The van der Waals surface area contributed by atoms with Gasteiger partial charge in [0.15, 0.2) is 0 Å². The number of likely N-dealkylation sites (tertiary alicyclic amines) is 1. The summed E-state index contributed by atoms with van der Waals surface area (Å²) in [5, 5.41) is 0. The molecular formula is C12H21N3O2S. The Labute approximate surface area is 112 Å². The maximum Gasteiger partial charge on any atom is 0.231 e. The van der Waals surface area contributed by atoms with Crippen molar-refractivity contribution in [2.24, 2.45) is 11.7 Å². The second kappa shape index (κ2) is 6.43. The number of hydrogen-bond donors (Lipinski definition) is 1. The molecule has 0 aromatic rings. The Kier molecular flexibility index (Phi) is 4.88. The van der Waals surface area contributed by atoms with Gasteiger partial charge in [-0.15, -0.1) is 0 Å². The fourth-order valence-corrected chi connectivity index (χ4v) is 3.57. The highest BCUT2D eigenvalue weighted by atomic mass is 32.2. The van der Waals surface area contributed by atoms with Crippen molar-refractivity contribution in [2.45, 2.75) is 12.8 Å². The highest BCUT2D eigenvalue weighted by Crippen LogP contribution is 2.20. The van der Waals surface area contributed by atoms with E-state index < -0.39 is 0 Å². The molecule has 2 heterocycles. The van der Waals surface area contributed by atoms with Gasteiger partial charge in [0, 0.05) is 31.1 Å². The summed E-state index contributed by atoms with van der Waals surface area (Å²) >= 11 is 1.91. The zero-order valence-electron chi connectivity index (χ0n) is 10.6. The molecule has 2 aliphatic rings. The minimum absolute atomic E-state index is 0.0567. The molecule has 2 amide bonds. The number of carbonyl (C=O) groups is 2.